The summed E-state index contributed by atoms with van der Waals surface area (Å²) in [6.45, 7) is 12.1. The summed E-state index contributed by atoms with van der Waals surface area (Å²) in [5.41, 5.74) is 2.98. The van der Waals surface area contributed by atoms with Crippen LogP contribution in [0.5, 0.6) is 0 Å². The minimum Gasteiger partial charge on any atom is -0.367 e. The van der Waals surface area contributed by atoms with E-state index in [0.29, 0.717) is 87.0 Å². The van der Waals surface area contributed by atoms with Crippen LogP contribution in [0.25, 0.3) is 0 Å². The van der Waals surface area contributed by atoms with E-state index in [2.05, 4.69) is 82.4 Å². The van der Waals surface area contributed by atoms with Crippen molar-refractivity contribution in [3.63, 3.8) is 0 Å². The van der Waals surface area contributed by atoms with Crippen molar-refractivity contribution in [3.8, 4) is 0 Å². The number of amides is 6. The predicted octanol–water partition coefficient (Wildman–Crippen LogP) is 5.34. The van der Waals surface area contributed by atoms with Crippen molar-refractivity contribution >= 4 is 93.4 Å². The third-order valence-electron chi connectivity index (χ3n) is 18.1. The summed E-state index contributed by atoms with van der Waals surface area (Å²) in [7, 11) is 3.66. The maximum Gasteiger partial charge on any atom is 0.246 e. The van der Waals surface area contributed by atoms with Crippen molar-refractivity contribution in [3.05, 3.63) is 70.8 Å². The van der Waals surface area contributed by atoms with Gasteiger partial charge in [-0.05, 0) is 150 Å². The standard InChI is InChI=1S/C58H82N10O6S4/c1-31(59-7)53(75)63-41-25-27-77-43-29-57(3,4)47(67(43)55(41)73)51(71)65-45-37-15-11-9-13-33(37)17-23-39(45)49(69)61-35-19-21-36(22-20-35)62-50(70)40-24-18-34-14-10-12-16-38(34)46(40)66-52(72)48-58(5,6)30-44-68(48)56(74)42(26-28-78-44)64-54(76)32(2)60-8/h9-16,31-32,35-36,39-48,59-60H,17-30H2,1-8H3,(H,61,69)(H,62,70)(H,63,75)(H,64,76)(H,65,71)(H,66,72)/t31-,32-,35?,36?,39+,40+,41-,42-,43-,44-,45-,46?,47+,48+/m0/s1. The van der Waals surface area contributed by atoms with Crippen molar-refractivity contribution < 1.29 is 28.8 Å². The molecule has 0 bridgehead atoms. The Bertz CT molecular complexity index is 2450. The molecular weight excluding hydrogens is 1060 g/mol. The van der Waals surface area contributed by atoms with Crippen molar-refractivity contribution in [2.24, 2.45) is 22.7 Å². The van der Waals surface area contributed by atoms with E-state index in [-0.39, 0.29) is 70.4 Å². The Kier molecular flexibility index (Phi) is 18.2. The molecule has 0 aromatic heterocycles. The lowest BCUT2D eigenvalue weighted by molar-refractivity contribution is -0.143. The van der Waals surface area contributed by atoms with Crippen LogP contribution in [0.3, 0.4) is 0 Å². The van der Waals surface area contributed by atoms with Crippen LogP contribution in [0.4, 0.5) is 0 Å². The van der Waals surface area contributed by atoms with Gasteiger partial charge >= 0.3 is 0 Å². The number of thiocarbonyl (C=S) groups is 2. The molecule has 1 saturated carbocycles. The molecule has 3 aliphatic carbocycles. The number of nitrogens with zero attached hydrogens (tertiary/aromatic N) is 2. The Morgan fingerprint density at radius 1 is 0.538 bits per heavy atom. The summed E-state index contributed by atoms with van der Waals surface area (Å²) in [6.07, 6.45) is 7.68. The van der Waals surface area contributed by atoms with E-state index in [1.54, 1.807) is 33.3 Å². The number of benzene rings is 2. The Morgan fingerprint density at radius 2 is 0.910 bits per heavy atom. The Morgan fingerprint density at radius 3 is 1.28 bits per heavy atom. The van der Waals surface area contributed by atoms with Crippen molar-refractivity contribution in [1.29, 1.82) is 0 Å². The van der Waals surface area contributed by atoms with E-state index in [1.807, 2.05) is 64.3 Å². The number of thioether (sulfide) groups is 2. The molecule has 0 radical (unpaired) electrons. The molecule has 0 spiro atoms. The average molecular weight is 1140 g/mol. The molecule has 16 nitrogen and oxygen atoms in total. The summed E-state index contributed by atoms with van der Waals surface area (Å²) in [4.78, 5) is 92.7. The predicted molar refractivity (Wildman–Crippen MR) is 316 cm³/mol. The van der Waals surface area contributed by atoms with Gasteiger partial charge in [0.15, 0.2) is 0 Å². The van der Waals surface area contributed by atoms with Crippen LogP contribution in [0, 0.1) is 22.7 Å². The minimum atomic E-state index is -0.747. The summed E-state index contributed by atoms with van der Waals surface area (Å²) >= 11 is 14.7. The molecule has 4 aliphatic heterocycles. The number of rotatable bonds is 14. The highest BCUT2D eigenvalue weighted by Crippen LogP contribution is 2.49. The van der Waals surface area contributed by atoms with Crippen molar-refractivity contribution in [2.45, 2.75) is 190 Å². The number of aryl methyl sites for hydroxylation is 2. The number of hydrogen-bond acceptors (Lipinski definition) is 12. The number of hydrogen-bond donors (Lipinski definition) is 8. The van der Waals surface area contributed by atoms with E-state index < -0.39 is 58.9 Å². The molecular formula is C58H82N10O6S4. The zero-order chi connectivity index (χ0) is 55.8. The fraction of sp³-hybridized carbons (Fsp3) is 0.655. The van der Waals surface area contributed by atoms with Gasteiger partial charge in [0.2, 0.25) is 35.4 Å². The van der Waals surface area contributed by atoms with Crippen LogP contribution < -0.4 is 42.5 Å². The van der Waals surface area contributed by atoms with Gasteiger partial charge in [0.1, 0.15) is 24.2 Å². The first kappa shape index (κ1) is 58.3. The maximum absolute atomic E-state index is 14.9. The van der Waals surface area contributed by atoms with Crippen LogP contribution in [0.2, 0.25) is 0 Å². The molecule has 4 heterocycles. The number of nitrogens with one attached hydrogen (secondary N) is 8. The summed E-state index contributed by atoms with van der Waals surface area (Å²) in [6, 6.07) is 11.8. The van der Waals surface area contributed by atoms with Crippen LogP contribution in [-0.2, 0) is 41.6 Å². The normalized spacial score (nSPS) is 31.8. The number of carbonyl (C=O) groups is 6. The van der Waals surface area contributed by atoms with Crippen LogP contribution >= 0.6 is 48.0 Å². The molecule has 4 saturated heterocycles. The second-order valence-corrected chi connectivity index (χ2v) is 27.7. The molecule has 424 valence electrons. The molecule has 20 heteroatoms. The van der Waals surface area contributed by atoms with Gasteiger partial charge < -0.3 is 52.3 Å². The van der Waals surface area contributed by atoms with Gasteiger partial charge in [-0.15, -0.1) is 23.5 Å². The van der Waals surface area contributed by atoms with Crippen molar-refractivity contribution in [1.82, 2.24) is 52.3 Å². The van der Waals surface area contributed by atoms with Crippen LogP contribution in [-0.4, -0.2) is 140 Å². The number of fused-ring (bicyclic) bond motifs is 4. The van der Waals surface area contributed by atoms with E-state index in [9.17, 15) is 28.8 Å². The molecule has 7 aliphatic rings. The fourth-order valence-electron chi connectivity index (χ4n) is 13.5. The lowest BCUT2D eigenvalue weighted by Gasteiger charge is -2.39. The lowest BCUT2D eigenvalue weighted by Crippen LogP contribution is -2.58. The van der Waals surface area contributed by atoms with Gasteiger partial charge in [0, 0.05) is 12.1 Å². The molecule has 5 fully saturated rings. The first-order chi connectivity index (χ1) is 37.2. The molecule has 6 amide bonds. The Hall–Kier alpha value is -4.34. The first-order valence-electron chi connectivity index (χ1n) is 28.4. The Labute approximate surface area is 480 Å². The fourth-order valence-corrected chi connectivity index (χ4v) is 17.1. The average Bonchev–Trinajstić information content (AvgIpc) is 3.84. The maximum atomic E-state index is 14.9. The molecule has 8 N–H and O–H groups in total. The molecule has 2 aromatic carbocycles. The van der Waals surface area contributed by atoms with Gasteiger partial charge in [0.05, 0.1) is 56.7 Å². The van der Waals surface area contributed by atoms with Gasteiger partial charge in [-0.25, -0.2) is 0 Å². The van der Waals surface area contributed by atoms with Gasteiger partial charge in [0.25, 0.3) is 0 Å². The van der Waals surface area contributed by atoms with E-state index in [0.717, 1.165) is 33.8 Å². The van der Waals surface area contributed by atoms with Gasteiger partial charge in [-0.1, -0.05) is 101 Å². The largest absolute Gasteiger partial charge is 0.367 e. The zero-order valence-electron chi connectivity index (χ0n) is 46.6. The topological polar surface area (TPSA) is 205 Å². The molecule has 2 aromatic rings. The number of likely N-dealkylation sites (N-methyl/N-ethyl adjacent to an activating group) is 2. The second-order valence-electron chi connectivity index (χ2n) is 24.3. The van der Waals surface area contributed by atoms with Crippen LogP contribution in [0.15, 0.2) is 48.5 Å². The van der Waals surface area contributed by atoms with E-state index in [1.165, 1.54) is 0 Å². The van der Waals surface area contributed by atoms with E-state index in [4.69, 9.17) is 24.4 Å². The second kappa shape index (κ2) is 24.4. The molecule has 9 rings (SSSR count). The third kappa shape index (κ3) is 12.1. The minimum absolute atomic E-state index is 0.112. The van der Waals surface area contributed by atoms with Gasteiger partial charge in [-0.2, -0.15) is 0 Å². The monoisotopic (exact) mass is 1140 g/mol. The summed E-state index contributed by atoms with van der Waals surface area (Å²) in [5.74, 6) is -0.553. The Balaban J connectivity index is 0.846. The number of carbonyl (C=O) groups excluding carboxylic acids is 6. The van der Waals surface area contributed by atoms with Crippen LogP contribution in [0.1, 0.15) is 140 Å². The third-order valence-corrected chi connectivity index (χ3v) is 21.5. The lowest BCUT2D eigenvalue weighted by atomic mass is 9.77. The SMILES string of the molecule is CN[C@@H](C)C(=S)N[C@H]1CCS[C@H]2CC(C)(C)[C@@H](C(=O)NC3c4ccccc4CC[C@H]3C(=O)NC3CCC(NC(=O)[C@@H]4CCc5ccccc5[C@@H]4NC(=O)[C@H]4N5C(=O)[C@@H](NC(=S)[C@H](C)NC)CCS[C@H]5CC4(C)C)CC3)N2C1=O. The highest BCUT2D eigenvalue weighted by molar-refractivity contribution is 8.00. The van der Waals surface area contributed by atoms with E-state index >= 15 is 0 Å². The zero-order valence-corrected chi connectivity index (χ0v) is 49.8. The smallest absolute Gasteiger partial charge is 0.246 e. The quantitative estimate of drug-likeness (QED) is 0.113. The van der Waals surface area contributed by atoms with Crippen molar-refractivity contribution in [2.75, 3.05) is 25.6 Å². The summed E-state index contributed by atoms with van der Waals surface area (Å²) in [5, 5.41) is 26.1. The molecule has 12 atom stereocenters. The molecule has 1 unspecified atom stereocenters. The summed E-state index contributed by atoms with van der Waals surface area (Å²) < 4.78 is 0. The highest BCUT2D eigenvalue weighted by atomic mass is 32.2. The first-order valence-corrected chi connectivity index (χ1v) is 31.3. The molecule has 78 heavy (non-hydrogen) atoms. The highest BCUT2D eigenvalue weighted by Gasteiger charge is 2.57. The van der Waals surface area contributed by atoms with Gasteiger partial charge in [-0.3, -0.25) is 28.8 Å².